The number of ketones is 5. The van der Waals surface area contributed by atoms with Crippen LogP contribution in [0.5, 0.6) is 5.75 Å². The van der Waals surface area contributed by atoms with E-state index in [0.29, 0.717) is 5.39 Å². The van der Waals surface area contributed by atoms with Gasteiger partial charge in [-0.15, -0.1) is 0 Å². The summed E-state index contributed by atoms with van der Waals surface area (Å²) in [6.45, 7) is 3.15. The van der Waals surface area contributed by atoms with Gasteiger partial charge in [0.1, 0.15) is 11.5 Å². The molecular weight excluding hydrogens is 486 g/mol. The number of Topliss-reactive ketones (excluding diaryl/α,β-unsaturated/α-hetero) is 5. The van der Waals surface area contributed by atoms with Crippen LogP contribution < -0.4 is 5.32 Å². The molecule has 2 N–H and O–H groups in total. The predicted molar refractivity (Wildman–Crippen MR) is 138 cm³/mol. The van der Waals surface area contributed by atoms with Crippen molar-refractivity contribution in [1.29, 1.82) is 0 Å². The predicted octanol–water partition coefficient (Wildman–Crippen LogP) is 3.94. The first kappa shape index (κ1) is 25.2. The number of phenolic OH excluding ortho intramolecular Hbond substituents is 1. The van der Waals surface area contributed by atoms with E-state index in [0.717, 1.165) is 5.39 Å². The van der Waals surface area contributed by atoms with Crippen LogP contribution in [0.25, 0.3) is 10.8 Å². The summed E-state index contributed by atoms with van der Waals surface area (Å²) >= 11 is 0. The molecule has 8 heteroatoms. The molecule has 0 bridgehead atoms. The SMILES string of the molecule is CC1(C)CC(=O)[C@@H](CC2C(=O)c3ccccc3C2=O)C(=O)[C@H]1C(=O)C(=O)Nc1cccc2ccc(O)cc12. The maximum absolute atomic E-state index is 13.6. The Bertz CT molecular complexity index is 1530. The summed E-state index contributed by atoms with van der Waals surface area (Å²) in [6, 6.07) is 16.0. The van der Waals surface area contributed by atoms with Crippen molar-refractivity contribution in [3.63, 3.8) is 0 Å². The van der Waals surface area contributed by atoms with Crippen molar-refractivity contribution in [1.82, 2.24) is 0 Å². The number of hydrogen-bond acceptors (Lipinski definition) is 7. The fraction of sp³-hybridized carbons (Fsp3) is 0.267. The van der Waals surface area contributed by atoms with Crippen molar-refractivity contribution >= 4 is 51.3 Å². The summed E-state index contributed by atoms with van der Waals surface area (Å²) in [5.41, 5.74) is -0.341. The van der Waals surface area contributed by atoms with Gasteiger partial charge in [0, 0.05) is 28.6 Å². The molecule has 0 unspecified atom stereocenters. The molecule has 38 heavy (non-hydrogen) atoms. The molecule has 3 aromatic rings. The van der Waals surface area contributed by atoms with E-state index >= 15 is 0 Å². The number of anilines is 1. The fourth-order valence-corrected chi connectivity index (χ4v) is 5.69. The number of aromatic hydroxyl groups is 1. The van der Waals surface area contributed by atoms with Crippen LogP contribution in [0, 0.1) is 23.2 Å². The summed E-state index contributed by atoms with van der Waals surface area (Å²) in [4.78, 5) is 78.9. The second-order valence-electron chi connectivity index (χ2n) is 10.6. The van der Waals surface area contributed by atoms with Crippen molar-refractivity contribution < 1.29 is 33.9 Å². The van der Waals surface area contributed by atoms with Gasteiger partial charge in [-0.3, -0.25) is 28.8 Å². The highest BCUT2D eigenvalue weighted by molar-refractivity contribution is 6.45. The number of nitrogens with one attached hydrogen (secondary N) is 1. The first-order valence-electron chi connectivity index (χ1n) is 12.3. The van der Waals surface area contributed by atoms with Gasteiger partial charge in [-0.2, -0.15) is 0 Å². The van der Waals surface area contributed by atoms with Crippen LogP contribution in [0.3, 0.4) is 0 Å². The zero-order valence-electron chi connectivity index (χ0n) is 20.8. The zero-order valence-corrected chi connectivity index (χ0v) is 20.8. The number of amides is 1. The van der Waals surface area contributed by atoms with Crippen molar-refractivity contribution in [2.24, 2.45) is 23.2 Å². The zero-order chi connectivity index (χ0) is 27.4. The average molecular weight is 512 g/mol. The Kier molecular flexibility index (Phi) is 6.06. The molecule has 0 aromatic heterocycles. The van der Waals surface area contributed by atoms with E-state index < -0.39 is 58.0 Å². The Morgan fingerprint density at radius 3 is 2.21 bits per heavy atom. The van der Waals surface area contributed by atoms with E-state index in [1.165, 1.54) is 24.3 Å². The second-order valence-corrected chi connectivity index (χ2v) is 10.6. The minimum atomic E-state index is -1.43. The average Bonchev–Trinajstić information content (AvgIpc) is 3.11. The summed E-state index contributed by atoms with van der Waals surface area (Å²) < 4.78 is 0. The Hall–Kier alpha value is -4.46. The van der Waals surface area contributed by atoms with Gasteiger partial charge in [0.2, 0.25) is 5.78 Å². The van der Waals surface area contributed by atoms with Gasteiger partial charge in [0.05, 0.1) is 17.8 Å². The number of fused-ring (bicyclic) bond motifs is 2. The highest BCUT2D eigenvalue weighted by Gasteiger charge is 2.54. The summed E-state index contributed by atoms with van der Waals surface area (Å²) in [5.74, 6) is -8.10. The van der Waals surface area contributed by atoms with Gasteiger partial charge in [0.25, 0.3) is 5.91 Å². The lowest BCUT2D eigenvalue weighted by Crippen LogP contribution is -2.52. The second kappa shape index (κ2) is 9.13. The Balaban J connectivity index is 1.40. The lowest BCUT2D eigenvalue weighted by Gasteiger charge is -2.39. The minimum absolute atomic E-state index is 0.0198. The van der Waals surface area contributed by atoms with Crippen molar-refractivity contribution in [2.45, 2.75) is 26.7 Å². The molecule has 1 amide bonds. The normalized spacial score (nSPS) is 21.0. The van der Waals surface area contributed by atoms with Crippen LogP contribution >= 0.6 is 0 Å². The number of carbonyl (C=O) groups is 6. The smallest absolute Gasteiger partial charge is 0.292 e. The van der Waals surface area contributed by atoms with Gasteiger partial charge >= 0.3 is 0 Å². The van der Waals surface area contributed by atoms with Crippen LogP contribution in [-0.4, -0.2) is 39.9 Å². The molecule has 192 valence electrons. The van der Waals surface area contributed by atoms with Crippen LogP contribution in [0.15, 0.2) is 60.7 Å². The van der Waals surface area contributed by atoms with Crippen LogP contribution in [0.4, 0.5) is 5.69 Å². The van der Waals surface area contributed by atoms with E-state index in [1.54, 1.807) is 50.2 Å². The molecule has 0 saturated heterocycles. The number of rotatable bonds is 5. The fourth-order valence-electron chi connectivity index (χ4n) is 5.69. The third-order valence-corrected chi connectivity index (χ3v) is 7.59. The number of carbonyl (C=O) groups excluding carboxylic acids is 6. The molecule has 2 atom stereocenters. The molecule has 1 saturated carbocycles. The van der Waals surface area contributed by atoms with Crippen molar-refractivity contribution in [3.05, 3.63) is 71.8 Å². The quantitative estimate of drug-likeness (QED) is 0.391. The topological polar surface area (TPSA) is 135 Å². The monoisotopic (exact) mass is 511 g/mol. The third kappa shape index (κ3) is 4.12. The van der Waals surface area contributed by atoms with E-state index in [1.807, 2.05) is 0 Å². The molecule has 2 aliphatic carbocycles. The highest BCUT2D eigenvalue weighted by Crippen LogP contribution is 2.43. The molecule has 2 aliphatic rings. The molecule has 1 fully saturated rings. The first-order valence-corrected chi connectivity index (χ1v) is 12.3. The Morgan fingerprint density at radius 1 is 0.895 bits per heavy atom. The molecular formula is C30H25NO7. The molecule has 0 radical (unpaired) electrons. The highest BCUT2D eigenvalue weighted by atomic mass is 16.3. The number of hydrogen-bond donors (Lipinski definition) is 2. The van der Waals surface area contributed by atoms with E-state index in [9.17, 15) is 33.9 Å². The van der Waals surface area contributed by atoms with Gasteiger partial charge in [0.15, 0.2) is 17.3 Å². The van der Waals surface area contributed by atoms with E-state index in [4.69, 9.17) is 0 Å². The summed E-state index contributed by atoms with van der Waals surface area (Å²) in [7, 11) is 0. The van der Waals surface area contributed by atoms with Gasteiger partial charge in [-0.1, -0.05) is 56.3 Å². The standard InChI is InChI=1S/C30H25NO7/c1-30(2)14-23(33)20(13-21-25(34)17-7-3-4-8-18(17)26(21)35)27(36)24(30)28(37)29(38)31-22-9-5-6-15-10-11-16(32)12-19(15)22/h3-12,20-21,24,32H,13-14H2,1-2H3,(H,31,38)/t20-,24+/m1/s1. The van der Waals surface area contributed by atoms with Gasteiger partial charge in [-0.05, 0) is 35.4 Å². The van der Waals surface area contributed by atoms with Crippen LogP contribution in [0.1, 0.15) is 47.4 Å². The lowest BCUT2D eigenvalue weighted by molar-refractivity contribution is -0.153. The first-order chi connectivity index (χ1) is 18.0. The Labute approximate surface area is 218 Å². The number of phenols is 1. The van der Waals surface area contributed by atoms with Crippen LogP contribution in [-0.2, 0) is 19.2 Å². The Morgan fingerprint density at radius 2 is 1.55 bits per heavy atom. The van der Waals surface area contributed by atoms with Crippen LogP contribution in [0.2, 0.25) is 0 Å². The maximum Gasteiger partial charge on any atom is 0.292 e. The molecule has 0 spiro atoms. The summed E-state index contributed by atoms with van der Waals surface area (Å²) in [5, 5.41) is 13.6. The maximum atomic E-state index is 13.6. The molecule has 8 nitrogen and oxygen atoms in total. The van der Waals surface area contributed by atoms with Crippen molar-refractivity contribution in [3.8, 4) is 5.75 Å². The minimum Gasteiger partial charge on any atom is -0.508 e. The third-order valence-electron chi connectivity index (χ3n) is 7.59. The molecule has 0 heterocycles. The number of benzene rings is 3. The molecule has 3 aromatic carbocycles. The van der Waals surface area contributed by atoms with E-state index in [2.05, 4.69) is 5.32 Å². The lowest BCUT2D eigenvalue weighted by atomic mass is 9.61. The van der Waals surface area contributed by atoms with E-state index in [-0.39, 0.29) is 35.4 Å². The van der Waals surface area contributed by atoms with Gasteiger partial charge in [-0.25, -0.2) is 0 Å². The van der Waals surface area contributed by atoms with Gasteiger partial charge < -0.3 is 10.4 Å². The molecule has 5 rings (SSSR count). The largest absolute Gasteiger partial charge is 0.508 e. The molecule has 0 aliphatic heterocycles. The summed E-state index contributed by atoms with van der Waals surface area (Å²) in [6.07, 6.45) is -0.481. The van der Waals surface area contributed by atoms with Crippen molar-refractivity contribution in [2.75, 3.05) is 5.32 Å².